The summed E-state index contributed by atoms with van der Waals surface area (Å²) in [6.07, 6.45) is 6.26. The van der Waals surface area contributed by atoms with Crippen LogP contribution < -0.4 is 5.73 Å². The van der Waals surface area contributed by atoms with Crippen LogP contribution in [0.25, 0.3) is 5.52 Å². The average molecular weight is 231 g/mol. The largest absolute Gasteiger partial charge is 0.381 e. The molecule has 4 nitrogen and oxygen atoms in total. The zero-order chi connectivity index (χ0) is 11.7. The van der Waals surface area contributed by atoms with E-state index in [9.17, 15) is 0 Å². The lowest BCUT2D eigenvalue weighted by atomic mass is 9.94. The fourth-order valence-electron chi connectivity index (χ4n) is 2.44. The summed E-state index contributed by atoms with van der Waals surface area (Å²) in [5.74, 6) is 0.630. The lowest BCUT2D eigenvalue weighted by molar-refractivity contribution is 0.0853. The lowest BCUT2D eigenvalue weighted by Crippen LogP contribution is -2.13. The Morgan fingerprint density at radius 3 is 2.94 bits per heavy atom. The highest BCUT2D eigenvalue weighted by Crippen LogP contribution is 2.28. The molecular formula is C13H17N3O. The van der Waals surface area contributed by atoms with Crippen LogP contribution in [-0.2, 0) is 11.3 Å². The highest BCUT2D eigenvalue weighted by atomic mass is 16.5. The van der Waals surface area contributed by atoms with Gasteiger partial charge in [-0.1, -0.05) is 0 Å². The summed E-state index contributed by atoms with van der Waals surface area (Å²) in [6, 6.07) is 4.31. The molecule has 2 aromatic rings. The van der Waals surface area contributed by atoms with Gasteiger partial charge in [0.05, 0.1) is 12.0 Å². The van der Waals surface area contributed by atoms with Crippen LogP contribution in [0.15, 0.2) is 24.7 Å². The van der Waals surface area contributed by atoms with Crippen LogP contribution in [0.4, 0.5) is 0 Å². The van der Waals surface area contributed by atoms with Crippen molar-refractivity contribution in [2.75, 3.05) is 13.2 Å². The van der Waals surface area contributed by atoms with Crippen LogP contribution in [0.5, 0.6) is 0 Å². The van der Waals surface area contributed by atoms with Crippen LogP contribution in [0.3, 0.4) is 0 Å². The van der Waals surface area contributed by atoms with Crippen LogP contribution in [0.2, 0.25) is 0 Å². The molecule has 2 N–H and O–H groups in total. The fraction of sp³-hybridized carbons (Fsp3) is 0.462. The van der Waals surface area contributed by atoms with E-state index in [1.54, 1.807) is 0 Å². The minimum absolute atomic E-state index is 0.494. The van der Waals surface area contributed by atoms with Gasteiger partial charge in [-0.2, -0.15) is 0 Å². The number of aromatic nitrogens is 2. The smallest absolute Gasteiger partial charge is 0.0994 e. The molecule has 4 heteroatoms. The summed E-state index contributed by atoms with van der Waals surface area (Å²) < 4.78 is 7.47. The maximum Gasteiger partial charge on any atom is 0.0994 e. The SMILES string of the molecule is NCc1cc2cc(C3CCOCC3)cn2cn1. The number of hydrogen-bond donors (Lipinski definition) is 1. The molecule has 0 amide bonds. The van der Waals surface area contributed by atoms with Crippen molar-refractivity contribution in [3.8, 4) is 0 Å². The topological polar surface area (TPSA) is 52.5 Å². The maximum absolute atomic E-state index is 5.60. The van der Waals surface area contributed by atoms with E-state index < -0.39 is 0 Å². The van der Waals surface area contributed by atoms with Gasteiger partial charge in [-0.15, -0.1) is 0 Å². The van der Waals surface area contributed by atoms with E-state index in [4.69, 9.17) is 10.5 Å². The Morgan fingerprint density at radius 1 is 1.35 bits per heavy atom. The van der Waals surface area contributed by atoms with Crippen molar-refractivity contribution in [1.82, 2.24) is 9.38 Å². The third-order valence-corrected chi connectivity index (χ3v) is 3.47. The molecule has 1 aliphatic heterocycles. The molecule has 1 aliphatic rings. The van der Waals surface area contributed by atoms with E-state index in [1.165, 1.54) is 11.1 Å². The third kappa shape index (κ3) is 2.06. The molecule has 17 heavy (non-hydrogen) atoms. The Kier molecular flexibility index (Phi) is 2.82. The quantitative estimate of drug-likeness (QED) is 0.855. The van der Waals surface area contributed by atoms with E-state index >= 15 is 0 Å². The Bertz CT molecular complexity index is 514. The summed E-state index contributed by atoms with van der Waals surface area (Å²) in [5.41, 5.74) is 9.12. The van der Waals surface area contributed by atoms with Gasteiger partial charge < -0.3 is 14.9 Å². The normalized spacial score (nSPS) is 17.7. The first kappa shape index (κ1) is 10.7. The van der Waals surface area contributed by atoms with Gasteiger partial charge in [0.1, 0.15) is 0 Å². The molecule has 0 saturated carbocycles. The van der Waals surface area contributed by atoms with Gasteiger partial charge in [0, 0.05) is 31.5 Å². The first-order valence-electron chi connectivity index (χ1n) is 6.11. The maximum atomic E-state index is 5.60. The van der Waals surface area contributed by atoms with E-state index in [1.807, 2.05) is 6.33 Å². The molecule has 0 atom stereocenters. The Balaban J connectivity index is 1.95. The van der Waals surface area contributed by atoms with Crippen molar-refractivity contribution in [1.29, 1.82) is 0 Å². The van der Waals surface area contributed by atoms with E-state index in [0.717, 1.165) is 31.7 Å². The van der Waals surface area contributed by atoms with Gasteiger partial charge in [0.2, 0.25) is 0 Å². The second-order valence-corrected chi connectivity index (χ2v) is 4.58. The van der Waals surface area contributed by atoms with Crippen LogP contribution in [0.1, 0.15) is 30.0 Å². The molecule has 0 unspecified atom stereocenters. The molecule has 90 valence electrons. The van der Waals surface area contributed by atoms with Crippen LogP contribution in [-0.4, -0.2) is 22.6 Å². The third-order valence-electron chi connectivity index (χ3n) is 3.47. The number of nitrogens with zero attached hydrogens (tertiary/aromatic N) is 2. The van der Waals surface area contributed by atoms with Gasteiger partial charge in [-0.25, -0.2) is 4.98 Å². The van der Waals surface area contributed by atoms with E-state index in [0.29, 0.717) is 12.5 Å². The molecule has 3 heterocycles. The van der Waals surface area contributed by atoms with Crippen molar-refractivity contribution in [2.24, 2.45) is 5.73 Å². The summed E-state index contributed by atoms with van der Waals surface area (Å²) in [5, 5.41) is 0. The molecule has 1 fully saturated rings. The Morgan fingerprint density at radius 2 is 2.18 bits per heavy atom. The summed E-state index contributed by atoms with van der Waals surface area (Å²) in [4.78, 5) is 4.30. The first-order valence-corrected chi connectivity index (χ1v) is 6.11. The highest BCUT2D eigenvalue weighted by Gasteiger charge is 2.17. The van der Waals surface area contributed by atoms with Gasteiger partial charge >= 0.3 is 0 Å². The van der Waals surface area contributed by atoms with Gasteiger partial charge in [-0.3, -0.25) is 0 Å². The molecule has 0 bridgehead atoms. The Hall–Kier alpha value is -1.39. The Labute approximate surface area is 100 Å². The van der Waals surface area contributed by atoms with E-state index in [-0.39, 0.29) is 0 Å². The molecule has 0 radical (unpaired) electrons. The van der Waals surface area contributed by atoms with Crippen molar-refractivity contribution in [3.05, 3.63) is 35.9 Å². The van der Waals surface area contributed by atoms with Crippen molar-refractivity contribution in [3.63, 3.8) is 0 Å². The molecule has 0 spiro atoms. The number of ether oxygens (including phenoxy) is 1. The summed E-state index contributed by atoms with van der Waals surface area (Å²) in [7, 11) is 0. The van der Waals surface area contributed by atoms with Crippen molar-refractivity contribution in [2.45, 2.75) is 25.3 Å². The number of hydrogen-bond acceptors (Lipinski definition) is 3. The zero-order valence-corrected chi connectivity index (χ0v) is 9.80. The summed E-state index contributed by atoms with van der Waals surface area (Å²) in [6.45, 7) is 2.25. The predicted octanol–water partition coefficient (Wildman–Crippen LogP) is 1.69. The lowest BCUT2D eigenvalue weighted by Gasteiger charge is -2.20. The van der Waals surface area contributed by atoms with Gasteiger partial charge in [0.25, 0.3) is 0 Å². The minimum atomic E-state index is 0.494. The second-order valence-electron chi connectivity index (χ2n) is 4.58. The zero-order valence-electron chi connectivity index (χ0n) is 9.80. The molecule has 0 aromatic carbocycles. The van der Waals surface area contributed by atoms with Crippen molar-refractivity contribution < 1.29 is 4.74 Å². The number of rotatable bonds is 2. The number of nitrogens with two attached hydrogens (primary N) is 1. The minimum Gasteiger partial charge on any atom is -0.381 e. The second kappa shape index (κ2) is 4.47. The van der Waals surface area contributed by atoms with Gasteiger partial charge in [-0.05, 0) is 36.5 Å². The molecule has 1 saturated heterocycles. The predicted molar refractivity (Wildman–Crippen MR) is 65.9 cm³/mol. The molecule has 2 aromatic heterocycles. The van der Waals surface area contributed by atoms with Crippen molar-refractivity contribution >= 4 is 5.52 Å². The van der Waals surface area contributed by atoms with Gasteiger partial charge in [0.15, 0.2) is 0 Å². The standard InChI is InChI=1S/C13H17N3O/c14-7-12-6-13-5-11(8-16(13)9-15-12)10-1-3-17-4-2-10/h5-6,8-10H,1-4,7,14H2. The van der Waals surface area contributed by atoms with Crippen LogP contribution >= 0.6 is 0 Å². The van der Waals surface area contributed by atoms with E-state index in [2.05, 4.69) is 27.7 Å². The highest BCUT2D eigenvalue weighted by molar-refractivity contribution is 5.51. The fourth-order valence-corrected chi connectivity index (χ4v) is 2.44. The number of fused-ring (bicyclic) bond motifs is 1. The van der Waals surface area contributed by atoms with Crippen LogP contribution in [0, 0.1) is 0 Å². The average Bonchev–Trinajstić information content (AvgIpc) is 2.82. The molecular weight excluding hydrogens is 214 g/mol. The molecule has 0 aliphatic carbocycles. The molecule has 3 rings (SSSR count). The summed E-state index contributed by atoms with van der Waals surface area (Å²) >= 11 is 0. The monoisotopic (exact) mass is 231 g/mol. The first-order chi connectivity index (χ1) is 8.36.